The van der Waals surface area contributed by atoms with Crippen molar-refractivity contribution in [1.82, 2.24) is 0 Å². The molecule has 1 saturated carbocycles. The van der Waals surface area contributed by atoms with E-state index < -0.39 is 0 Å². The van der Waals surface area contributed by atoms with Gasteiger partial charge in [0, 0.05) is 11.5 Å². The van der Waals surface area contributed by atoms with Gasteiger partial charge >= 0.3 is 0 Å². The van der Waals surface area contributed by atoms with Gasteiger partial charge in [0.05, 0.1) is 5.02 Å². The standard InChI is InChI=1S/C12H13ClO/c1-8-5-6-10(11(13)7-8)12(14)9-3-2-4-9/h5-7,9H,2-4H2,1H3. The van der Waals surface area contributed by atoms with E-state index in [4.69, 9.17) is 11.6 Å². The van der Waals surface area contributed by atoms with E-state index in [1.54, 1.807) is 0 Å². The first-order valence-corrected chi connectivity index (χ1v) is 5.36. The average molecular weight is 209 g/mol. The van der Waals surface area contributed by atoms with Crippen molar-refractivity contribution in [2.45, 2.75) is 26.2 Å². The van der Waals surface area contributed by atoms with Gasteiger partial charge in [-0.05, 0) is 37.5 Å². The van der Waals surface area contributed by atoms with Crippen molar-refractivity contribution in [2.24, 2.45) is 5.92 Å². The fraction of sp³-hybridized carbons (Fsp3) is 0.417. The van der Waals surface area contributed by atoms with Gasteiger partial charge in [0.25, 0.3) is 0 Å². The lowest BCUT2D eigenvalue weighted by atomic mass is 9.80. The molecule has 1 fully saturated rings. The lowest BCUT2D eigenvalue weighted by Crippen LogP contribution is -2.22. The third-order valence-corrected chi connectivity index (χ3v) is 3.18. The molecule has 2 heteroatoms. The molecule has 1 aromatic rings. The number of carbonyl (C=O) groups is 1. The van der Waals surface area contributed by atoms with Crippen LogP contribution in [-0.4, -0.2) is 5.78 Å². The van der Waals surface area contributed by atoms with Gasteiger partial charge in [-0.2, -0.15) is 0 Å². The molecule has 74 valence electrons. The van der Waals surface area contributed by atoms with Crippen LogP contribution < -0.4 is 0 Å². The summed E-state index contributed by atoms with van der Waals surface area (Å²) >= 11 is 6.03. The quantitative estimate of drug-likeness (QED) is 0.679. The number of hydrogen-bond donors (Lipinski definition) is 0. The number of Topliss-reactive ketones (excluding diaryl/α,β-unsaturated/α-hetero) is 1. The Balaban J connectivity index is 2.26. The van der Waals surface area contributed by atoms with Gasteiger partial charge in [-0.25, -0.2) is 0 Å². The average Bonchev–Trinajstić information content (AvgIpc) is 2.00. The van der Waals surface area contributed by atoms with Gasteiger partial charge in [0.2, 0.25) is 0 Å². The molecule has 2 rings (SSSR count). The number of benzene rings is 1. The fourth-order valence-electron chi connectivity index (χ4n) is 1.71. The molecule has 0 amide bonds. The van der Waals surface area contributed by atoms with Gasteiger partial charge in [0.1, 0.15) is 0 Å². The van der Waals surface area contributed by atoms with Crippen molar-refractivity contribution in [3.8, 4) is 0 Å². The van der Waals surface area contributed by atoms with Crippen LogP contribution in [0.15, 0.2) is 18.2 Å². The number of aryl methyl sites for hydroxylation is 1. The molecular weight excluding hydrogens is 196 g/mol. The normalized spacial score (nSPS) is 16.4. The monoisotopic (exact) mass is 208 g/mol. The highest BCUT2D eigenvalue weighted by Crippen LogP contribution is 2.32. The zero-order valence-electron chi connectivity index (χ0n) is 8.22. The summed E-state index contributed by atoms with van der Waals surface area (Å²) < 4.78 is 0. The molecule has 0 atom stereocenters. The van der Waals surface area contributed by atoms with Gasteiger partial charge in [0.15, 0.2) is 5.78 Å². The Morgan fingerprint density at radius 2 is 2.14 bits per heavy atom. The molecule has 0 spiro atoms. The molecule has 0 unspecified atom stereocenters. The van der Waals surface area contributed by atoms with E-state index in [2.05, 4.69) is 0 Å². The van der Waals surface area contributed by atoms with Crippen LogP contribution in [-0.2, 0) is 0 Å². The molecule has 14 heavy (non-hydrogen) atoms. The minimum Gasteiger partial charge on any atom is -0.294 e. The summed E-state index contributed by atoms with van der Waals surface area (Å²) in [6.45, 7) is 1.98. The van der Waals surface area contributed by atoms with Crippen LogP contribution >= 0.6 is 11.6 Å². The van der Waals surface area contributed by atoms with Crippen LogP contribution in [0.4, 0.5) is 0 Å². The third-order valence-electron chi connectivity index (χ3n) is 2.87. The maximum Gasteiger partial charge on any atom is 0.167 e. The Kier molecular flexibility index (Phi) is 2.60. The molecule has 0 aliphatic heterocycles. The minimum atomic E-state index is 0.223. The molecule has 1 aliphatic carbocycles. The van der Waals surface area contributed by atoms with Crippen molar-refractivity contribution in [3.63, 3.8) is 0 Å². The zero-order chi connectivity index (χ0) is 10.1. The fourth-order valence-corrected chi connectivity index (χ4v) is 2.04. The SMILES string of the molecule is Cc1ccc(C(=O)C2CCC2)c(Cl)c1. The number of rotatable bonds is 2. The molecule has 0 radical (unpaired) electrons. The Hall–Kier alpha value is -0.820. The van der Waals surface area contributed by atoms with Crippen molar-refractivity contribution in [3.05, 3.63) is 34.3 Å². The lowest BCUT2D eigenvalue weighted by Gasteiger charge is -2.24. The van der Waals surface area contributed by atoms with Crippen LogP contribution in [0.1, 0.15) is 35.2 Å². The first kappa shape index (κ1) is 9.72. The topological polar surface area (TPSA) is 17.1 Å². The van der Waals surface area contributed by atoms with E-state index in [0.29, 0.717) is 10.6 Å². The number of halogens is 1. The van der Waals surface area contributed by atoms with E-state index in [1.165, 1.54) is 6.42 Å². The lowest BCUT2D eigenvalue weighted by molar-refractivity contribution is 0.0855. The molecule has 0 aromatic heterocycles. The molecule has 0 heterocycles. The van der Waals surface area contributed by atoms with Crippen LogP contribution in [0.5, 0.6) is 0 Å². The zero-order valence-corrected chi connectivity index (χ0v) is 8.97. The summed E-state index contributed by atoms with van der Waals surface area (Å²) in [6.07, 6.45) is 3.24. The first-order valence-electron chi connectivity index (χ1n) is 4.99. The second-order valence-electron chi connectivity index (χ2n) is 3.98. The summed E-state index contributed by atoms with van der Waals surface area (Å²) in [4.78, 5) is 11.9. The van der Waals surface area contributed by atoms with Crippen LogP contribution in [0.2, 0.25) is 5.02 Å². The third kappa shape index (κ3) is 1.69. The predicted octanol–water partition coefficient (Wildman–Crippen LogP) is 3.63. The van der Waals surface area contributed by atoms with E-state index in [1.807, 2.05) is 25.1 Å². The summed E-state index contributed by atoms with van der Waals surface area (Å²) in [7, 11) is 0. The maximum atomic E-state index is 11.9. The maximum absolute atomic E-state index is 11.9. The summed E-state index contributed by atoms with van der Waals surface area (Å²) in [5.41, 5.74) is 1.79. The van der Waals surface area contributed by atoms with Gasteiger partial charge in [-0.1, -0.05) is 24.1 Å². The Bertz CT molecular complexity index is 367. The van der Waals surface area contributed by atoms with Crippen molar-refractivity contribution in [1.29, 1.82) is 0 Å². The van der Waals surface area contributed by atoms with Crippen LogP contribution in [0.3, 0.4) is 0 Å². The predicted molar refractivity (Wildman–Crippen MR) is 57.9 cm³/mol. The minimum absolute atomic E-state index is 0.223. The Labute approximate surface area is 89.1 Å². The largest absolute Gasteiger partial charge is 0.294 e. The Morgan fingerprint density at radius 1 is 1.43 bits per heavy atom. The van der Waals surface area contributed by atoms with E-state index in [9.17, 15) is 4.79 Å². The van der Waals surface area contributed by atoms with Gasteiger partial charge in [-0.3, -0.25) is 4.79 Å². The number of carbonyl (C=O) groups excluding carboxylic acids is 1. The molecule has 0 saturated heterocycles. The van der Waals surface area contributed by atoms with Crippen molar-refractivity contribution in [2.75, 3.05) is 0 Å². The second kappa shape index (κ2) is 3.74. The van der Waals surface area contributed by atoms with Gasteiger partial charge in [-0.15, -0.1) is 0 Å². The van der Waals surface area contributed by atoms with Crippen LogP contribution in [0, 0.1) is 12.8 Å². The van der Waals surface area contributed by atoms with Crippen molar-refractivity contribution >= 4 is 17.4 Å². The van der Waals surface area contributed by atoms with Crippen LogP contribution in [0.25, 0.3) is 0 Å². The van der Waals surface area contributed by atoms with E-state index in [0.717, 1.165) is 18.4 Å². The Morgan fingerprint density at radius 3 is 2.64 bits per heavy atom. The molecule has 1 aliphatic rings. The smallest absolute Gasteiger partial charge is 0.167 e. The highest BCUT2D eigenvalue weighted by atomic mass is 35.5. The highest BCUT2D eigenvalue weighted by molar-refractivity contribution is 6.34. The second-order valence-corrected chi connectivity index (χ2v) is 4.38. The van der Waals surface area contributed by atoms with E-state index >= 15 is 0 Å². The highest BCUT2D eigenvalue weighted by Gasteiger charge is 2.27. The van der Waals surface area contributed by atoms with E-state index in [-0.39, 0.29) is 11.7 Å². The number of ketones is 1. The molecule has 1 aromatic carbocycles. The molecule has 1 nitrogen and oxygen atoms in total. The van der Waals surface area contributed by atoms with Crippen molar-refractivity contribution < 1.29 is 4.79 Å². The molecular formula is C12H13ClO. The number of hydrogen-bond acceptors (Lipinski definition) is 1. The van der Waals surface area contributed by atoms with Gasteiger partial charge < -0.3 is 0 Å². The summed E-state index contributed by atoms with van der Waals surface area (Å²) in [5.74, 6) is 0.455. The molecule has 0 N–H and O–H groups in total. The first-order chi connectivity index (χ1) is 6.68. The summed E-state index contributed by atoms with van der Waals surface area (Å²) in [5, 5.41) is 0.599. The summed E-state index contributed by atoms with van der Waals surface area (Å²) in [6, 6.07) is 5.64. The molecule has 0 bridgehead atoms.